The molecule has 2 aromatic carbocycles. The van der Waals surface area contributed by atoms with Crippen molar-refractivity contribution >= 4 is 27.4 Å². The molecule has 0 aliphatic carbocycles. The third-order valence-electron chi connectivity index (χ3n) is 2.96. The molecule has 0 heterocycles. The monoisotopic (exact) mass is 338 g/mol. The number of aromatic carboxylic acids is 1. The van der Waals surface area contributed by atoms with Crippen molar-refractivity contribution in [2.75, 3.05) is 17.6 Å². The van der Waals surface area contributed by atoms with Crippen LogP contribution in [0, 0.1) is 0 Å². The number of aromatic hydroxyl groups is 1. The van der Waals surface area contributed by atoms with Gasteiger partial charge in [0.2, 0.25) is 0 Å². The van der Waals surface area contributed by atoms with Gasteiger partial charge in [0, 0.05) is 17.8 Å². The lowest BCUT2D eigenvalue weighted by atomic mass is 10.1. The molecule has 0 aromatic heterocycles. The number of ether oxygens (including phenoxy) is 1. The fourth-order valence-corrected chi connectivity index (χ4v) is 2.94. The molecule has 0 spiro atoms. The first-order chi connectivity index (χ1) is 10.7. The second-order valence-electron chi connectivity index (χ2n) is 4.55. The van der Waals surface area contributed by atoms with Crippen molar-refractivity contribution in [2.45, 2.75) is 4.90 Å². The van der Waals surface area contributed by atoms with Crippen molar-refractivity contribution in [3.63, 3.8) is 0 Å². The van der Waals surface area contributed by atoms with Gasteiger partial charge in [-0.25, -0.2) is 13.2 Å². The smallest absolute Gasteiger partial charge is 0.343 e. The van der Waals surface area contributed by atoms with E-state index >= 15 is 0 Å². The highest BCUT2D eigenvalue weighted by molar-refractivity contribution is 7.92. The fraction of sp³-hybridized carbons (Fsp3) is 0.0714. The van der Waals surface area contributed by atoms with Crippen LogP contribution in [0.15, 0.2) is 41.3 Å². The minimum absolute atomic E-state index is 0.0348. The maximum atomic E-state index is 12.3. The lowest BCUT2D eigenvalue weighted by Gasteiger charge is -2.12. The molecule has 0 saturated carbocycles. The van der Waals surface area contributed by atoms with Gasteiger partial charge >= 0.3 is 5.97 Å². The van der Waals surface area contributed by atoms with Crippen LogP contribution in [0.4, 0.5) is 11.4 Å². The Kier molecular flexibility index (Phi) is 4.32. The number of benzene rings is 2. The lowest BCUT2D eigenvalue weighted by Crippen LogP contribution is -2.13. The van der Waals surface area contributed by atoms with E-state index in [9.17, 15) is 18.3 Å². The van der Waals surface area contributed by atoms with Crippen LogP contribution in [0.3, 0.4) is 0 Å². The van der Waals surface area contributed by atoms with Crippen LogP contribution in [0.1, 0.15) is 10.4 Å². The van der Waals surface area contributed by atoms with E-state index in [2.05, 4.69) is 4.72 Å². The molecule has 0 atom stereocenters. The predicted molar refractivity (Wildman–Crippen MR) is 83.3 cm³/mol. The van der Waals surface area contributed by atoms with Gasteiger partial charge in [0.05, 0.1) is 17.7 Å². The van der Waals surface area contributed by atoms with E-state index in [0.29, 0.717) is 5.69 Å². The molecule has 0 saturated heterocycles. The van der Waals surface area contributed by atoms with E-state index in [1.54, 1.807) is 0 Å². The maximum Gasteiger partial charge on any atom is 0.343 e. The molecular weight excluding hydrogens is 324 g/mol. The third-order valence-corrected chi connectivity index (χ3v) is 4.35. The van der Waals surface area contributed by atoms with Gasteiger partial charge < -0.3 is 20.7 Å². The molecule has 0 aliphatic heterocycles. The highest BCUT2D eigenvalue weighted by Crippen LogP contribution is 2.33. The average molecular weight is 338 g/mol. The van der Waals surface area contributed by atoms with Gasteiger partial charge in [-0.15, -0.1) is 0 Å². The van der Waals surface area contributed by atoms with Crippen LogP contribution < -0.4 is 15.2 Å². The number of nitrogens with two attached hydrogens (primary N) is 1. The summed E-state index contributed by atoms with van der Waals surface area (Å²) in [6.45, 7) is 0. The molecule has 0 radical (unpaired) electrons. The van der Waals surface area contributed by atoms with E-state index in [0.717, 1.165) is 12.1 Å². The molecule has 0 amide bonds. The van der Waals surface area contributed by atoms with E-state index in [1.165, 1.54) is 31.4 Å². The molecule has 0 bridgehead atoms. The topological polar surface area (TPSA) is 139 Å². The second-order valence-corrected chi connectivity index (χ2v) is 6.23. The summed E-state index contributed by atoms with van der Waals surface area (Å²) < 4.78 is 31.6. The number of rotatable bonds is 5. The number of nitrogen functional groups attached to an aromatic ring is 1. The van der Waals surface area contributed by atoms with Gasteiger partial charge in [-0.05, 0) is 24.3 Å². The Morgan fingerprint density at radius 3 is 2.35 bits per heavy atom. The van der Waals surface area contributed by atoms with E-state index in [4.69, 9.17) is 15.6 Å². The highest BCUT2D eigenvalue weighted by atomic mass is 32.2. The minimum atomic E-state index is -3.92. The summed E-state index contributed by atoms with van der Waals surface area (Å²) in [6.07, 6.45) is 0. The second kappa shape index (κ2) is 6.05. The van der Waals surface area contributed by atoms with Crippen LogP contribution in [-0.2, 0) is 10.0 Å². The molecule has 0 fully saturated rings. The molecule has 2 rings (SSSR count). The summed E-state index contributed by atoms with van der Waals surface area (Å²) in [7, 11) is -2.72. The van der Waals surface area contributed by atoms with Crippen LogP contribution >= 0.6 is 0 Å². The molecule has 2 aromatic rings. The fourth-order valence-electron chi connectivity index (χ4n) is 1.90. The summed E-state index contributed by atoms with van der Waals surface area (Å²) in [4.78, 5) is 11.0. The van der Waals surface area contributed by atoms with Gasteiger partial charge in [-0.2, -0.15) is 0 Å². The van der Waals surface area contributed by atoms with Crippen LogP contribution in [-0.4, -0.2) is 31.7 Å². The number of carboxylic acid groups (broad SMARTS) is 1. The van der Waals surface area contributed by atoms with E-state index in [1.807, 2.05) is 0 Å². The van der Waals surface area contributed by atoms with Crippen molar-refractivity contribution in [3.05, 3.63) is 42.0 Å². The van der Waals surface area contributed by atoms with Gasteiger partial charge in [0.25, 0.3) is 10.0 Å². The van der Waals surface area contributed by atoms with Gasteiger partial charge in [0.1, 0.15) is 17.1 Å². The summed E-state index contributed by atoms with van der Waals surface area (Å²) >= 11 is 0. The zero-order valence-electron chi connectivity index (χ0n) is 12.0. The first kappa shape index (κ1) is 16.4. The largest absolute Gasteiger partial charge is 0.507 e. The number of phenols is 1. The van der Waals surface area contributed by atoms with Crippen LogP contribution in [0.25, 0.3) is 0 Å². The van der Waals surface area contributed by atoms with Crippen molar-refractivity contribution in [1.29, 1.82) is 0 Å². The molecule has 23 heavy (non-hydrogen) atoms. The summed E-state index contributed by atoms with van der Waals surface area (Å²) in [5.74, 6) is -2.19. The Hall–Kier alpha value is -2.94. The Morgan fingerprint density at radius 1 is 1.22 bits per heavy atom. The summed E-state index contributed by atoms with van der Waals surface area (Å²) in [5, 5.41) is 18.8. The Morgan fingerprint density at radius 2 is 1.83 bits per heavy atom. The number of hydrogen-bond donors (Lipinski definition) is 4. The number of methoxy groups -OCH3 is 1. The van der Waals surface area contributed by atoms with Gasteiger partial charge in [-0.3, -0.25) is 4.72 Å². The zero-order chi connectivity index (χ0) is 17.2. The first-order valence-corrected chi connectivity index (χ1v) is 7.75. The third kappa shape index (κ3) is 3.46. The minimum Gasteiger partial charge on any atom is -0.507 e. The van der Waals surface area contributed by atoms with E-state index < -0.39 is 27.3 Å². The van der Waals surface area contributed by atoms with Crippen LogP contribution in [0.2, 0.25) is 0 Å². The average Bonchev–Trinajstić information content (AvgIpc) is 2.45. The van der Waals surface area contributed by atoms with Crippen molar-refractivity contribution < 1.29 is 28.2 Å². The van der Waals surface area contributed by atoms with Gasteiger partial charge in [0.15, 0.2) is 0 Å². The number of anilines is 2. The zero-order valence-corrected chi connectivity index (χ0v) is 12.8. The molecule has 122 valence electrons. The molecule has 9 heteroatoms. The molecule has 8 nitrogen and oxygen atoms in total. The quantitative estimate of drug-likeness (QED) is 0.605. The van der Waals surface area contributed by atoms with Gasteiger partial charge in [-0.1, -0.05) is 0 Å². The van der Waals surface area contributed by atoms with E-state index in [-0.39, 0.29) is 16.3 Å². The molecule has 5 N–H and O–H groups in total. The standard InChI is InChI=1S/C14H14N2O6S/c1-22-12-7-9(6-11(17)13(12)14(18)19)16-23(20,21)10-4-2-8(15)3-5-10/h2-7,16-17H,15H2,1H3,(H,18,19). The highest BCUT2D eigenvalue weighted by Gasteiger charge is 2.20. The number of hydrogen-bond acceptors (Lipinski definition) is 6. The van der Waals surface area contributed by atoms with Crippen molar-refractivity contribution in [3.8, 4) is 11.5 Å². The summed E-state index contributed by atoms with van der Waals surface area (Å²) in [5.41, 5.74) is 5.42. The maximum absolute atomic E-state index is 12.3. The molecule has 0 unspecified atom stereocenters. The van der Waals surface area contributed by atoms with Crippen LogP contribution in [0.5, 0.6) is 11.5 Å². The number of nitrogens with one attached hydrogen (secondary N) is 1. The first-order valence-electron chi connectivity index (χ1n) is 6.27. The van der Waals surface area contributed by atoms with Crippen molar-refractivity contribution in [2.24, 2.45) is 0 Å². The SMILES string of the molecule is COc1cc(NS(=O)(=O)c2ccc(N)cc2)cc(O)c1C(=O)O. The Balaban J connectivity index is 2.42. The number of sulfonamides is 1. The summed E-state index contributed by atoms with van der Waals surface area (Å²) in [6, 6.07) is 7.65. The molecule has 0 aliphatic rings. The Labute approximate surface area is 132 Å². The normalized spacial score (nSPS) is 11.0. The molecular formula is C14H14N2O6S. The number of carbonyl (C=O) groups is 1. The predicted octanol–water partition coefficient (Wildman–Crippen LogP) is 1.48. The number of carboxylic acids is 1. The van der Waals surface area contributed by atoms with Crippen molar-refractivity contribution in [1.82, 2.24) is 0 Å². The Bertz CT molecular complexity index is 846. The lowest BCUT2D eigenvalue weighted by molar-refractivity contribution is 0.0690.